The van der Waals surface area contributed by atoms with Gasteiger partial charge in [0.25, 0.3) is 0 Å². The van der Waals surface area contributed by atoms with E-state index >= 15 is 0 Å². The predicted molar refractivity (Wildman–Crippen MR) is 63.6 cm³/mol. The Morgan fingerprint density at radius 1 is 1.40 bits per heavy atom. The molecule has 0 fully saturated rings. The molecule has 0 unspecified atom stereocenters. The number of anilines is 1. The zero-order valence-electron chi connectivity index (χ0n) is 9.62. The quantitative estimate of drug-likeness (QED) is 0.730. The smallest absolute Gasteiger partial charge is 0.205 e. The lowest BCUT2D eigenvalue weighted by molar-refractivity contribution is 0.147. The fourth-order valence-electron chi connectivity index (χ4n) is 1.05. The highest BCUT2D eigenvalue weighted by atomic mass is 32.1. The van der Waals surface area contributed by atoms with Crippen molar-refractivity contribution in [1.82, 2.24) is 10.2 Å². The van der Waals surface area contributed by atoms with Crippen LogP contribution in [0.3, 0.4) is 0 Å². The number of hydrogen-bond acceptors (Lipinski definition) is 5. The molecule has 5 heteroatoms. The first-order valence-electron chi connectivity index (χ1n) is 5.39. The second-order valence-corrected chi connectivity index (χ2v) is 4.59. The van der Waals surface area contributed by atoms with Crippen LogP contribution in [-0.4, -0.2) is 30.0 Å². The van der Waals surface area contributed by atoms with Gasteiger partial charge in [-0.05, 0) is 13.3 Å². The zero-order valence-corrected chi connectivity index (χ0v) is 10.4. The van der Waals surface area contributed by atoms with E-state index in [1.54, 1.807) is 11.3 Å². The number of ether oxygens (including phenoxy) is 1. The van der Waals surface area contributed by atoms with E-state index in [4.69, 9.17) is 4.74 Å². The van der Waals surface area contributed by atoms with Gasteiger partial charge in [-0.2, -0.15) is 0 Å². The molecule has 0 aromatic carbocycles. The molecule has 0 aliphatic heterocycles. The van der Waals surface area contributed by atoms with Crippen molar-refractivity contribution >= 4 is 16.5 Å². The molecular weight excluding hydrogens is 210 g/mol. The lowest BCUT2D eigenvalue weighted by Crippen LogP contribution is -2.05. The zero-order chi connectivity index (χ0) is 11.1. The van der Waals surface area contributed by atoms with E-state index in [1.807, 2.05) is 6.92 Å². The summed E-state index contributed by atoms with van der Waals surface area (Å²) in [5.74, 6) is 0.460. The second kappa shape index (κ2) is 6.74. The number of rotatable bonds is 7. The maximum absolute atomic E-state index is 5.24. The van der Waals surface area contributed by atoms with E-state index in [2.05, 4.69) is 29.4 Å². The van der Waals surface area contributed by atoms with Crippen molar-refractivity contribution in [3.05, 3.63) is 5.01 Å². The third kappa shape index (κ3) is 4.57. The average Bonchev–Trinajstić information content (AvgIpc) is 2.66. The van der Waals surface area contributed by atoms with Crippen LogP contribution in [0.25, 0.3) is 0 Å². The summed E-state index contributed by atoms with van der Waals surface area (Å²) in [6, 6.07) is 0. The number of nitrogens with one attached hydrogen (secondary N) is 1. The number of hydrogen-bond donors (Lipinski definition) is 1. The Morgan fingerprint density at radius 2 is 2.20 bits per heavy atom. The van der Waals surface area contributed by atoms with Crippen LogP contribution in [0.2, 0.25) is 0 Å². The van der Waals surface area contributed by atoms with Gasteiger partial charge in [0.15, 0.2) is 0 Å². The Kier molecular flexibility index (Phi) is 5.57. The molecule has 1 aromatic heterocycles. The molecule has 1 aromatic rings. The molecule has 4 nitrogen and oxygen atoms in total. The molecule has 0 aliphatic rings. The highest BCUT2D eigenvalue weighted by Gasteiger charge is 2.06. The van der Waals surface area contributed by atoms with Crippen molar-refractivity contribution < 1.29 is 4.74 Å². The first-order chi connectivity index (χ1) is 7.24. The Bertz CT molecular complexity index is 275. The Labute approximate surface area is 95.1 Å². The Hall–Kier alpha value is -0.680. The van der Waals surface area contributed by atoms with Crippen molar-refractivity contribution in [2.45, 2.75) is 33.1 Å². The standard InChI is InChI=1S/C10H19N3OS/c1-4-14-7-5-6-11-10-13-12-9(15-10)8(2)3/h8H,4-7H2,1-3H3,(H,11,13). The summed E-state index contributed by atoms with van der Waals surface area (Å²) in [5, 5.41) is 13.4. The molecule has 15 heavy (non-hydrogen) atoms. The second-order valence-electron chi connectivity index (χ2n) is 3.58. The molecule has 0 aliphatic carbocycles. The maximum atomic E-state index is 5.24. The summed E-state index contributed by atoms with van der Waals surface area (Å²) >= 11 is 1.63. The van der Waals surface area contributed by atoms with Crippen LogP contribution in [0.5, 0.6) is 0 Å². The van der Waals surface area contributed by atoms with Gasteiger partial charge < -0.3 is 10.1 Å². The molecule has 0 amide bonds. The monoisotopic (exact) mass is 229 g/mol. The topological polar surface area (TPSA) is 47.0 Å². The summed E-state index contributed by atoms with van der Waals surface area (Å²) in [7, 11) is 0. The SMILES string of the molecule is CCOCCCNc1nnc(C(C)C)s1. The molecule has 1 N–H and O–H groups in total. The van der Waals surface area contributed by atoms with Crippen molar-refractivity contribution in [2.75, 3.05) is 25.1 Å². The summed E-state index contributed by atoms with van der Waals surface area (Å²) in [6.07, 6.45) is 1.00. The van der Waals surface area contributed by atoms with Crippen LogP contribution >= 0.6 is 11.3 Å². The third-order valence-corrected chi connectivity index (χ3v) is 3.06. The molecule has 0 bridgehead atoms. The van der Waals surface area contributed by atoms with Crippen LogP contribution < -0.4 is 5.32 Å². The minimum atomic E-state index is 0.460. The van der Waals surface area contributed by atoms with E-state index in [0.717, 1.165) is 36.3 Å². The Morgan fingerprint density at radius 3 is 2.80 bits per heavy atom. The maximum Gasteiger partial charge on any atom is 0.205 e. The normalized spacial score (nSPS) is 10.9. The van der Waals surface area contributed by atoms with Gasteiger partial charge in [-0.1, -0.05) is 25.2 Å². The molecule has 0 saturated heterocycles. The first-order valence-corrected chi connectivity index (χ1v) is 6.20. The van der Waals surface area contributed by atoms with E-state index in [1.165, 1.54) is 0 Å². The Balaban J connectivity index is 2.20. The largest absolute Gasteiger partial charge is 0.382 e. The molecule has 86 valence electrons. The van der Waals surface area contributed by atoms with Crippen LogP contribution in [0.1, 0.15) is 38.1 Å². The van der Waals surface area contributed by atoms with Gasteiger partial charge in [0.1, 0.15) is 5.01 Å². The van der Waals surface area contributed by atoms with Gasteiger partial charge in [0.2, 0.25) is 5.13 Å². The summed E-state index contributed by atoms with van der Waals surface area (Å²) in [4.78, 5) is 0. The third-order valence-electron chi connectivity index (χ3n) is 1.88. The average molecular weight is 229 g/mol. The number of aromatic nitrogens is 2. The summed E-state index contributed by atoms with van der Waals surface area (Å²) in [6.45, 7) is 8.74. The van der Waals surface area contributed by atoms with Crippen LogP contribution in [0.15, 0.2) is 0 Å². The van der Waals surface area contributed by atoms with Crippen molar-refractivity contribution in [1.29, 1.82) is 0 Å². The van der Waals surface area contributed by atoms with Crippen molar-refractivity contribution in [3.8, 4) is 0 Å². The van der Waals surface area contributed by atoms with Crippen molar-refractivity contribution in [3.63, 3.8) is 0 Å². The van der Waals surface area contributed by atoms with Gasteiger partial charge in [0.05, 0.1) is 0 Å². The van der Waals surface area contributed by atoms with E-state index in [9.17, 15) is 0 Å². The summed E-state index contributed by atoms with van der Waals surface area (Å²) < 4.78 is 5.24. The van der Waals surface area contributed by atoms with E-state index in [-0.39, 0.29) is 0 Å². The van der Waals surface area contributed by atoms with Gasteiger partial charge in [0, 0.05) is 25.7 Å². The molecule has 1 rings (SSSR count). The van der Waals surface area contributed by atoms with Gasteiger partial charge in [-0.25, -0.2) is 0 Å². The van der Waals surface area contributed by atoms with Crippen LogP contribution in [0, 0.1) is 0 Å². The lowest BCUT2D eigenvalue weighted by Gasteiger charge is -2.01. The minimum absolute atomic E-state index is 0.460. The van der Waals surface area contributed by atoms with Crippen LogP contribution in [-0.2, 0) is 4.74 Å². The highest BCUT2D eigenvalue weighted by Crippen LogP contribution is 2.21. The number of nitrogens with zero attached hydrogens (tertiary/aromatic N) is 2. The fourth-order valence-corrected chi connectivity index (χ4v) is 1.82. The summed E-state index contributed by atoms with van der Waals surface area (Å²) in [5.41, 5.74) is 0. The lowest BCUT2D eigenvalue weighted by atomic mass is 10.2. The molecule has 1 heterocycles. The minimum Gasteiger partial charge on any atom is -0.382 e. The fraction of sp³-hybridized carbons (Fsp3) is 0.800. The molecule has 0 radical (unpaired) electrons. The van der Waals surface area contributed by atoms with Crippen molar-refractivity contribution in [2.24, 2.45) is 0 Å². The highest BCUT2D eigenvalue weighted by molar-refractivity contribution is 7.15. The molecule has 0 atom stereocenters. The van der Waals surface area contributed by atoms with Gasteiger partial charge >= 0.3 is 0 Å². The van der Waals surface area contributed by atoms with Gasteiger partial charge in [-0.15, -0.1) is 10.2 Å². The van der Waals surface area contributed by atoms with Gasteiger partial charge in [-0.3, -0.25) is 0 Å². The molecule has 0 saturated carbocycles. The predicted octanol–water partition coefficient (Wildman–Crippen LogP) is 2.50. The van der Waals surface area contributed by atoms with Crippen LogP contribution in [0.4, 0.5) is 5.13 Å². The molecule has 0 spiro atoms. The van der Waals surface area contributed by atoms with E-state index in [0.29, 0.717) is 5.92 Å². The molecular formula is C10H19N3OS. The first kappa shape index (κ1) is 12.4. The van der Waals surface area contributed by atoms with E-state index < -0.39 is 0 Å².